The highest BCUT2D eigenvalue weighted by atomic mass is 16.5. The molecule has 0 saturated carbocycles. The minimum absolute atomic E-state index is 0.345. The summed E-state index contributed by atoms with van der Waals surface area (Å²) in [4.78, 5) is 18.1. The number of benzene rings is 1. The summed E-state index contributed by atoms with van der Waals surface area (Å²) in [7, 11) is 3.27. The van der Waals surface area contributed by atoms with Gasteiger partial charge in [-0.05, 0) is 36.7 Å². The van der Waals surface area contributed by atoms with Crippen LogP contribution in [-0.4, -0.2) is 61.0 Å². The topological polar surface area (TPSA) is 93.5 Å². The number of hydrogen-bond donors (Lipinski definition) is 1. The van der Waals surface area contributed by atoms with Gasteiger partial charge < -0.3 is 19.4 Å². The van der Waals surface area contributed by atoms with Crippen LogP contribution in [0.1, 0.15) is 22.3 Å². The minimum atomic E-state index is -0.409. The highest BCUT2D eigenvalue weighted by molar-refractivity contribution is 6.35. The van der Waals surface area contributed by atoms with Crippen molar-refractivity contribution in [3.63, 3.8) is 0 Å². The minimum Gasteiger partial charge on any atom is -0.493 e. The smallest absolute Gasteiger partial charge is 0.213 e. The number of hydrogen-bond acceptors (Lipinski definition) is 8. The fourth-order valence-electron chi connectivity index (χ4n) is 3.37. The van der Waals surface area contributed by atoms with Crippen molar-refractivity contribution in [1.82, 2.24) is 9.88 Å². The number of ketones is 1. The molecule has 8 heteroatoms. The maximum atomic E-state index is 11.6. The Labute approximate surface area is 169 Å². The Morgan fingerprint density at radius 3 is 2.79 bits per heavy atom. The van der Waals surface area contributed by atoms with Crippen molar-refractivity contribution < 1.29 is 24.2 Å². The molecule has 1 saturated heterocycles. The van der Waals surface area contributed by atoms with Crippen LogP contribution in [0.5, 0.6) is 17.4 Å². The molecule has 1 aromatic heterocycles. The van der Waals surface area contributed by atoms with Gasteiger partial charge >= 0.3 is 0 Å². The Hall–Kier alpha value is -3.13. The average molecular weight is 399 g/mol. The standard InChI is InChI=1S/C21H25N3O5/c1-27-19-5-3-15(9-20(19)28-2)12-24-8-7-16(13-24)14-29-21-6-4-17(10-22-21)18(25)11-23-26/h3-6,9-11,16,26H,7-8,12-14H2,1-2H3/b23-11+. The lowest BCUT2D eigenvalue weighted by atomic mass is 10.1. The SMILES string of the molecule is COc1ccc(CN2CCC(COc3ccc(C(=O)/C=N/O)cn3)C2)cc1OC. The first-order valence-corrected chi connectivity index (χ1v) is 9.36. The number of oxime groups is 1. The Kier molecular flexibility index (Phi) is 7.02. The largest absolute Gasteiger partial charge is 0.493 e. The highest BCUT2D eigenvalue weighted by Gasteiger charge is 2.23. The van der Waals surface area contributed by atoms with Gasteiger partial charge in [-0.25, -0.2) is 4.98 Å². The normalized spacial score (nSPS) is 16.8. The molecule has 1 unspecified atom stereocenters. The number of Topliss-reactive ketones (excluding diaryl/α,β-unsaturated/α-hetero) is 1. The molecule has 8 nitrogen and oxygen atoms in total. The van der Waals surface area contributed by atoms with Crippen LogP contribution in [-0.2, 0) is 6.54 Å². The van der Waals surface area contributed by atoms with Gasteiger partial charge in [-0.2, -0.15) is 0 Å². The molecule has 29 heavy (non-hydrogen) atoms. The lowest BCUT2D eigenvalue weighted by Crippen LogP contribution is -2.22. The molecule has 0 spiro atoms. The van der Waals surface area contributed by atoms with Crippen LogP contribution >= 0.6 is 0 Å². The number of likely N-dealkylation sites (tertiary alicyclic amines) is 1. The van der Waals surface area contributed by atoms with Crippen molar-refractivity contribution in [2.75, 3.05) is 33.9 Å². The first kappa shape index (κ1) is 20.6. The maximum Gasteiger partial charge on any atom is 0.213 e. The second kappa shape index (κ2) is 9.88. The zero-order valence-electron chi connectivity index (χ0n) is 16.6. The van der Waals surface area contributed by atoms with E-state index >= 15 is 0 Å². The molecule has 2 heterocycles. The Balaban J connectivity index is 1.48. The third-order valence-electron chi connectivity index (χ3n) is 4.89. The van der Waals surface area contributed by atoms with E-state index in [2.05, 4.69) is 21.1 Å². The molecule has 0 radical (unpaired) electrons. The van der Waals surface area contributed by atoms with Crippen molar-refractivity contribution in [2.45, 2.75) is 13.0 Å². The number of ether oxygens (including phenoxy) is 3. The van der Waals surface area contributed by atoms with Gasteiger partial charge in [0.05, 0.1) is 20.8 Å². The Morgan fingerprint density at radius 2 is 2.10 bits per heavy atom. The molecule has 0 aliphatic carbocycles. The summed E-state index contributed by atoms with van der Waals surface area (Å²) in [6.45, 7) is 3.36. The first-order valence-electron chi connectivity index (χ1n) is 9.36. The summed E-state index contributed by atoms with van der Waals surface area (Å²) in [5.41, 5.74) is 1.52. The van der Waals surface area contributed by atoms with Crippen LogP contribution in [0.25, 0.3) is 0 Å². The second-order valence-electron chi connectivity index (χ2n) is 6.88. The van der Waals surface area contributed by atoms with Gasteiger partial charge in [0.1, 0.15) is 6.21 Å². The highest BCUT2D eigenvalue weighted by Crippen LogP contribution is 2.29. The quantitative estimate of drug-likeness (QED) is 0.300. The molecule has 0 amide bonds. The first-order chi connectivity index (χ1) is 14.1. The molecule has 1 fully saturated rings. The molecule has 0 bridgehead atoms. The Bertz CT molecular complexity index is 854. The molecule has 2 aromatic rings. The fraction of sp³-hybridized carbons (Fsp3) is 0.381. The lowest BCUT2D eigenvalue weighted by molar-refractivity contribution is 0.106. The van der Waals surface area contributed by atoms with E-state index in [9.17, 15) is 4.79 Å². The second-order valence-corrected chi connectivity index (χ2v) is 6.88. The van der Waals surface area contributed by atoms with Crippen molar-refractivity contribution in [2.24, 2.45) is 11.1 Å². The van der Waals surface area contributed by atoms with E-state index in [1.807, 2.05) is 12.1 Å². The number of methoxy groups -OCH3 is 2. The van der Waals surface area contributed by atoms with E-state index in [-0.39, 0.29) is 0 Å². The van der Waals surface area contributed by atoms with E-state index in [1.54, 1.807) is 26.4 Å². The third-order valence-corrected chi connectivity index (χ3v) is 4.89. The van der Waals surface area contributed by atoms with E-state index in [0.717, 1.165) is 43.8 Å². The predicted octanol–water partition coefficient (Wildman–Crippen LogP) is 2.64. The van der Waals surface area contributed by atoms with Crippen LogP contribution in [0.4, 0.5) is 0 Å². The third kappa shape index (κ3) is 5.45. The average Bonchev–Trinajstić information content (AvgIpc) is 3.20. The van der Waals surface area contributed by atoms with Crippen LogP contribution in [0.15, 0.2) is 41.7 Å². The molecule has 3 rings (SSSR count). The Morgan fingerprint density at radius 1 is 1.28 bits per heavy atom. The van der Waals surface area contributed by atoms with Crippen molar-refractivity contribution in [3.05, 3.63) is 47.7 Å². The summed E-state index contributed by atoms with van der Waals surface area (Å²) in [5.74, 6) is 1.95. The van der Waals surface area contributed by atoms with Gasteiger partial charge in [-0.3, -0.25) is 9.69 Å². The zero-order chi connectivity index (χ0) is 20.6. The van der Waals surface area contributed by atoms with Crippen molar-refractivity contribution >= 4 is 12.0 Å². The van der Waals surface area contributed by atoms with Gasteiger partial charge in [0.25, 0.3) is 0 Å². The van der Waals surface area contributed by atoms with Gasteiger partial charge in [0.2, 0.25) is 11.7 Å². The summed E-state index contributed by atoms with van der Waals surface area (Å²) in [6.07, 6.45) is 3.30. The van der Waals surface area contributed by atoms with Crippen LogP contribution in [0.2, 0.25) is 0 Å². The molecule has 154 valence electrons. The van der Waals surface area contributed by atoms with Gasteiger partial charge in [-0.1, -0.05) is 11.2 Å². The van der Waals surface area contributed by atoms with E-state index in [1.165, 1.54) is 11.8 Å². The van der Waals surface area contributed by atoms with Crippen LogP contribution < -0.4 is 14.2 Å². The summed E-state index contributed by atoms with van der Waals surface area (Å²) in [6, 6.07) is 9.24. The number of pyridine rings is 1. The van der Waals surface area contributed by atoms with Crippen molar-refractivity contribution in [3.8, 4) is 17.4 Å². The maximum absolute atomic E-state index is 11.6. The number of nitrogens with zero attached hydrogens (tertiary/aromatic N) is 3. The van der Waals surface area contributed by atoms with E-state index < -0.39 is 5.78 Å². The lowest BCUT2D eigenvalue weighted by Gasteiger charge is -2.17. The summed E-state index contributed by atoms with van der Waals surface area (Å²) < 4.78 is 16.4. The zero-order valence-corrected chi connectivity index (χ0v) is 16.6. The molecule has 1 N–H and O–H groups in total. The molecule has 1 aliphatic heterocycles. The van der Waals surface area contributed by atoms with Gasteiger partial charge in [0, 0.05) is 36.8 Å². The predicted molar refractivity (Wildman–Crippen MR) is 107 cm³/mol. The number of rotatable bonds is 9. The molecule has 1 aliphatic rings. The molecule has 1 aromatic carbocycles. The summed E-state index contributed by atoms with van der Waals surface area (Å²) in [5, 5.41) is 11.1. The van der Waals surface area contributed by atoms with E-state index in [0.29, 0.717) is 24.0 Å². The number of aromatic nitrogens is 1. The molecule has 1 atom stereocenters. The van der Waals surface area contributed by atoms with Crippen LogP contribution in [0, 0.1) is 5.92 Å². The molecular formula is C21H25N3O5. The van der Waals surface area contributed by atoms with Crippen molar-refractivity contribution in [1.29, 1.82) is 0 Å². The summed E-state index contributed by atoms with van der Waals surface area (Å²) >= 11 is 0. The fourth-order valence-corrected chi connectivity index (χ4v) is 3.37. The number of carbonyl (C=O) groups excluding carboxylic acids is 1. The van der Waals surface area contributed by atoms with Crippen LogP contribution in [0.3, 0.4) is 0 Å². The van der Waals surface area contributed by atoms with Gasteiger partial charge in [0.15, 0.2) is 11.5 Å². The monoisotopic (exact) mass is 399 g/mol. The van der Waals surface area contributed by atoms with E-state index in [4.69, 9.17) is 19.4 Å². The number of carbonyl (C=O) groups is 1. The molecular weight excluding hydrogens is 374 g/mol. The van der Waals surface area contributed by atoms with Gasteiger partial charge in [-0.15, -0.1) is 0 Å².